The minimum Gasteiger partial charge on any atom is -0.348 e. The smallest absolute Gasteiger partial charge is 0.247 e. The van der Waals surface area contributed by atoms with E-state index >= 15 is 0 Å². The van der Waals surface area contributed by atoms with Crippen molar-refractivity contribution in [2.75, 3.05) is 13.1 Å². The van der Waals surface area contributed by atoms with Crippen LogP contribution in [0.4, 0.5) is 0 Å². The van der Waals surface area contributed by atoms with E-state index in [-0.39, 0.29) is 16.8 Å². The van der Waals surface area contributed by atoms with Gasteiger partial charge in [-0.25, -0.2) is 13.1 Å². The Morgan fingerprint density at radius 2 is 1.77 bits per heavy atom. The van der Waals surface area contributed by atoms with Gasteiger partial charge in [0.15, 0.2) is 0 Å². The first-order valence-corrected chi connectivity index (χ1v) is 11.8. The molecule has 160 valence electrons. The second kappa shape index (κ2) is 8.91. The van der Waals surface area contributed by atoms with Crippen LogP contribution in [0.1, 0.15) is 29.8 Å². The molecule has 1 amide bonds. The summed E-state index contributed by atoms with van der Waals surface area (Å²) >= 11 is 0. The van der Waals surface area contributed by atoms with Gasteiger partial charge in [0.05, 0.1) is 10.9 Å². The molecule has 2 aromatic carbocycles. The lowest BCUT2D eigenvalue weighted by atomic mass is 10.00. The molecule has 1 N–H and O–H groups in total. The van der Waals surface area contributed by atoms with E-state index in [2.05, 4.69) is 15.4 Å². The highest BCUT2D eigenvalue weighted by molar-refractivity contribution is 7.89. The van der Waals surface area contributed by atoms with Gasteiger partial charge >= 0.3 is 0 Å². The van der Waals surface area contributed by atoms with Gasteiger partial charge in [0, 0.05) is 37.6 Å². The lowest BCUT2D eigenvalue weighted by Gasteiger charge is -2.36. The van der Waals surface area contributed by atoms with Crippen LogP contribution in [-0.4, -0.2) is 36.9 Å². The fourth-order valence-corrected chi connectivity index (χ4v) is 4.94. The molecule has 1 aliphatic rings. The van der Waals surface area contributed by atoms with Crippen LogP contribution in [0.2, 0.25) is 0 Å². The quantitative estimate of drug-likeness (QED) is 0.603. The molecule has 6 nitrogen and oxygen atoms in total. The zero-order valence-electron chi connectivity index (χ0n) is 17.3. The Hall–Kier alpha value is -3.16. The molecule has 0 saturated heterocycles. The van der Waals surface area contributed by atoms with Crippen LogP contribution in [0, 0.1) is 0 Å². The predicted molar refractivity (Wildman–Crippen MR) is 121 cm³/mol. The fraction of sp³-hybridized carbons (Fsp3) is 0.208. The molecule has 0 radical (unpaired) electrons. The van der Waals surface area contributed by atoms with E-state index in [9.17, 15) is 13.2 Å². The van der Waals surface area contributed by atoms with Crippen molar-refractivity contribution in [3.63, 3.8) is 0 Å². The van der Waals surface area contributed by atoms with Gasteiger partial charge in [0.2, 0.25) is 15.9 Å². The second-order valence-electron chi connectivity index (χ2n) is 7.37. The molecule has 4 rings (SSSR count). The summed E-state index contributed by atoms with van der Waals surface area (Å²) in [5.41, 5.74) is 2.93. The van der Waals surface area contributed by atoms with Gasteiger partial charge in [0.1, 0.15) is 0 Å². The van der Waals surface area contributed by atoms with Gasteiger partial charge in [-0.1, -0.05) is 49.4 Å². The maximum Gasteiger partial charge on any atom is 0.247 e. The van der Waals surface area contributed by atoms with Crippen molar-refractivity contribution < 1.29 is 13.2 Å². The monoisotopic (exact) mass is 435 g/mol. The number of aromatic nitrogens is 1. The van der Waals surface area contributed by atoms with Crippen molar-refractivity contribution in [3.8, 4) is 0 Å². The lowest BCUT2D eigenvalue weighted by Crippen LogP contribution is -2.41. The number of carbonyl (C=O) groups is 1. The molecule has 0 aliphatic carbocycles. The van der Waals surface area contributed by atoms with Gasteiger partial charge in [-0.15, -0.1) is 0 Å². The SMILES string of the molecule is CCNS(=O)(=O)c1ccc(/C=C/C(=O)N2CCn3cccc3C2c2ccccc2)cc1. The number of hydrogen-bond acceptors (Lipinski definition) is 3. The molecule has 31 heavy (non-hydrogen) atoms. The molecular formula is C24H25N3O3S. The number of nitrogens with one attached hydrogen (secondary N) is 1. The van der Waals surface area contributed by atoms with Gasteiger partial charge in [-0.3, -0.25) is 4.79 Å². The fourth-order valence-electron chi connectivity index (χ4n) is 3.90. The first kappa shape index (κ1) is 21.1. The van der Waals surface area contributed by atoms with E-state index in [4.69, 9.17) is 0 Å². The first-order chi connectivity index (χ1) is 15.0. The molecule has 7 heteroatoms. The van der Waals surface area contributed by atoms with Crippen molar-refractivity contribution >= 4 is 22.0 Å². The molecular weight excluding hydrogens is 410 g/mol. The van der Waals surface area contributed by atoms with Crippen molar-refractivity contribution in [2.45, 2.75) is 24.4 Å². The first-order valence-electron chi connectivity index (χ1n) is 10.3. The molecule has 0 saturated carbocycles. The number of benzene rings is 2. The lowest BCUT2D eigenvalue weighted by molar-refractivity contribution is -0.128. The second-order valence-corrected chi connectivity index (χ2v) is 9.14. The van der Waals surface area contributed by atoms with Gasteiger partial charge in [-0.2, -0.15) is 0 Å². The van der Waals surface area contributed by atoms with E-state index in [1.54, 1.807) is 43.3 Å². The maximum absolute atomic E-state index is 13.1. The highest BCUT2D eigenvalue weighted by Crippen LogP contribution is 2.32. The molecule has 1 atom stereocenters. The Morgan fingerprint density at radius 3 is 2.48 bits per heavy atom. The van der Waals surface area contributed by atoms with Crippen LogP contribution in [-0.2, 0) is 21.4 Å². The Morgan fingerprint density at radius 1 is 1.03 bits per heavy atom. The topological polar surface area (TPSA) is 71.4 Å². The van der Waals surface area contributed by atoms with Crippen LogP contribution < -0.4 is 4.72 Å². The Kier molecular flexibility index (Phi) is 6.06. The normalized spacial score (nSPS) is 16.4. The van der Waals surface area contributed by atoms with Crippen LogP contribution in [0.3, 0.4) is 0 Å². The van der Waals surface area contributed by atoms with Gasteiger partial charge in [-0.05, 0) is 41.5 Å². The molecule has 1 unspecified atom stereocenters. The van der Waals surface area contributed by atoms with E-state index < -0.39 is 10.0 Å². The average molecular weight is 436 g/mol. The summed E-state index contributed by atoms with van der Waals surface area (Å²) in [6.45, 7) is 3.44. The third-order valence-corrected chi connectivity index (χ3v) is 6.94. The van der Waals surface area contributed by atoms with E-state index in [0.717, 1.165) is 23.4 Å². The Bertz CT molecular complexity index is 1180. The zero-order chi connectivity index (χ0) is 21.8. The molecule has 0 spiro atoms. The van der Waals surface area contributed by atoms with Gasteiger partial charge < -0.3 is 9.47 Å². The molecule has 1 aliphatic heterocycles. The number of sulfonamides is 1. The predicted octanol–water partition coefficient (Wildman–Crippen LogP) is 3.43. The van der Waals surface area contributed by atoms with Crippen LogP contribution in [0.5, 0.6) is 0 Å². The van der Waals surface area contributed by atoms with Crippen LogP contribution in [0.15, 0.2) is 83.9 Å². The zero-order valence-corrected chi connectivity index (χ0v) is 18.1. The summed E-state index contributed by atoms with van der Waals surface area (Å²) in [5, 5.41) is 0. The minimum atomic E-state index is -3.49. The number of amides is 1. The number of hydrogen-bond donors (Lipinski definition) is 1. The molecule has 0 fully saturated rings. The highest BCUT2D eigenvalue weighted by Gasteiger charge is 2.30. The number of fused-ring (bicyclic) bond motifs is 1. The van der Waals surface area contributed by atoms with Crippen LogP contribution in [0.25, 0.3) is 6.08 Å². The molecule has 3 aromatic rings. The van der Waals surface area contributed by atoms with Gasteiger partial charge in [0.25, 0.3) is 0 Å². The standard InChI is InChI=1S/C24H25N3O3S/c1-2-25-31(29,30)21-13-10-19(11-14-21)12-15-23(28)27-18-17-26-16-6-9-22(26)24(27)20-7-4-3-5-8-20/h3-16,24-25H,2,17-18H2,1H3/b15-12+. The largest absolute Gasteiger partial charge is 0.348 e. The molecule has 0 bridgehead atoms. The minimum absolute atomic E-state index is 0.0781. The van der Waals surface area contributed by atoms with Crippen molar-refractivity contribution in [3.05, 3.63) is 95.8 Å². The number of rotatable bonds is 6. The van der Waals surface area contributed by atoms with E-state index in [0.29, 0.717) is 13.1 Å². The maximum atomic E-state index is 13.1. The third kappa shape index (κ3) is 4.47. The summed E-state index contributed by atoms with van der Waals surface area (Å²) in [6, 6.07) is 20.4. The number of carbonyl (C=O) groups excluding carboxylic acids is 1. The number of nitrogens with zero attached hydrogens (tertiary/aromatic N) is 2. The summed E-state index contributed by atoms with van der Waals surface area (Å²) in [7, 11) is -3.49. The summed E-state index contributed by atoms with van der Waals surface area (Å²) in [4.78, 5) is 15.2. The van der Waals surface area contributed by atoms with E-state index in [1.807, 2.05) is 47.5 Å². The van der Waals surface area contributed by atoms with Crippen molar-refractivity contribution in [1.29, 1.82) is 0 Å². The van der Waals surface area contributed by atoms with Crippen molar-refractivity contribution in [1.82, 2.24) is 14.2 Å². The van der Waals surface area contributed by atoms with E-state index in [1.165, 1.54) is 0 Å². The third-order valence-electron chi connectivity index (χ3n) is 5.38. The Labute approximate surface area is 182 Å². The average Bonchev–Trinajstić information content (AvgIpc) is 3.26. The highest BCUT2D eigenvalue weighted by atomic mass is 32.2. The summed E-state index contributed by atoms with van der Waals surface area (Å²) in [5.74, 6) is -0.0781. The summed E-state index contributed by atoms with van der Waals surface area (Å²) in [6.07, 6.45) is 5.33. The Balaban J connectivity index is 1.55. The molecule has 1 aromatic heterocycles. The van der Waals surface area contributed by atoms with Crippen molar-refractivity contribution in [2.24, 2.45) is 0 Å². The molecule has 2 heterocycles. The van der Waals surface area contributed by atoms with Crippen LogP contribution >= 0.6 is 0 Å². The summed E-state index contributed by atoms with van der Waals surface area (Å²) < 4.78 is 28.8.